The lowest BCUT2D eigenvalue weighted by atomic mass is 9.56. The lowest BCUT2D eigenvalue weighted by Gasteiger charge is -2.50. The smallest absolute Gasteiger partial charge is 0.258 e. The van der Waals surface area contributed by atoms with Gasteiger partial charge in [0.15, 0.2) is 44.6 Å². The number of halogens is 8. The van der Waals surface area contributed by atoms with E-state index in [1.54, 1.807) is 6.92 Å². The van der Waals surface area contributed by atoms with Gasteiger partial charge in [0.1, 0.15) is 5.69 Å². The largest absolute Gasteiger partial charge is 0.505 e. The number of allylic oxidation sites excluding steroid dienone is 2. The molecule has 2 aromatic rings. The average Bonchev–Trinajstić information content (AvgIpc) is 3.30. The summed E-state index contributed by atoms with van der Waals surface area (Å²) < 4.78 is 86.9. The fraction of sp³-hybridized carbons (Fsp3) is 0.357. The van der Waals surface area contributed by atoms with Crippen molar-refractivity contribution in [2.24, 2.45) is 17.8 Å². The molecule has 2 heterocycles. The van der Waals surface area contributed by atoms with E-state index >= 15 is 0 Å². The first-order chi connectivity index (χ1) is 20.1. The van der Waals surface area contributed by atoms with Crippen LogP contribution >= 0.6 is 23.2 Å². The number of phenols is 1. The van der Waals surface area contributed by atoms with Crippen molar-refractivity contribution in [1.82, 2.24) is 4.90 Å². The predicted molar refractivity (Wildman–Crippen MR) is 137 cm³/mol. The van der Waals surface area contributed by atoms with Crippen LogP contribution in [0.15, 0.2) is 29.8 Å². The van der Waals surface area contributed by atoms with E-state index in [0.29, 0.717) is 0 Å². The van der Waals surface area contributed by atoms with Gasteiger partial charge in [0, 0.05) is 12.5 Å². The van der Waals surface area contributed by atoms with Crippen molar-refractivity contribution in [3.05, 3.63) is 70.3 Å². The number of rotatable bonds is 3. The van der Waals surface area contributed by atoms with Gasteiger partial charge < -0.3 is 5.11 Å². The second-order valence-electron chi connectivity index (χ2n) is 10.8. The minimum atomic E-state index is -2.76. The molecule has 2 aromatic carbocycles. The third-order valence-electron chi connectivity index (χ3n) is 8.93. The number of anilines is 1. The number of benzene rings is 2. The Morgan fingerprint density at radius 2 is 1.49 bits per heavy atom. The number of amides is 4. The molecule has 43 heavy (non-hydrogen) atoms. The van der Waals surface area contributed by atoms with Crippen molar-refractivity contribution < 1.29 is 50.6 Å². The molecule has 6 unspecified atom stereocenters. The normalized spacial score (nSPS) is 31.8. The monoisotopic (exact) mass is 646 g/mol. The third kappa shape index (κ3) is 3.51. The van der Waals surface area contributed by atoms with Gasteiger partial charge in [-0.1, -0.05) is 17.7 Å². The van der Waals surface area contributed by atoms with Crippen molar-refractivity contribution in [2.45, 2.75) is 35.4 Å². The summed E-state index contributed by atoms with van der Waals surface area (Å²) in [5, 5.41) is 9.79. The molecule has 0 aromatic heterocycles. The van der Waals surface area contributed by atoms with Gasteiger partial charge in [-0.25, -0.2) is 31.2 Å². The number of carbonyl (C=O) groups is 4. The highest BCUT2D eigenvalue weighted by Crippen LogP contribution is 2.66. The van der Waals surface area contributed by atoms with Crippen molar-refractivity contribution in [3.63, 3.8) is 0 Å². The van der Waals surface area contributed by atoms with Crippen molar-refractivity contribution in [1.29, 1.82) is 0 Å². The van der Waals surface area contributed by atoms with Gasteiger partial charge in [0.05, 0.1) is 11.8 Å². The molecule has 3 fully saturated rings. The summed E-state index contributed by atoms with van der Waals surface area (Å²) in [5.74, 6) is -23.6. The molecule has 2 saturated heterocycles. The zero-order chi connectivity index (χ0) is 31.5. The fourth-order valence-electron chi connectivity index (χ4n) is 7.02. The number of nitrogens with zero attached hydrogens (tertiary/aromatic N) is 2. The van der Waals surface area contributed by atoms with E-state index in [0.717, 1.165) is 23.1 Å². The Kier molecular flexibility index (Phi) is 6.49. The molecule has 4 aliphatic rings. The van der Waals surface area contributed by atoms with Crippen LogP contribution in [0, 0.1) is 52.7 Å². The maximum atomic E-state index is 15.0. The molecular weight excluding hydrogens is 629 g/mol. The number of alkyl halides is 2. The Morgan fingerprint density at radius 1 is 0.884 bits per heavy atom. The van der Waals surface area contributed by atoms with Gasteiger partial charge in [-0.3, -0.25) is 24.1 Å². The molecule has 1 N–H and O–H groups in total. The highest BCUT2D eigenvalue weighted by molar-refractivity contribution is 6.58. The summed E-state index contributed by atoms with van der Waals surface area (Å²) >= 11 is 13.8. The number of fused-ring (bicyclic) bond motifs is 4. The maximum absolute atomic E-state index is 15.0. The van der Waals surface area contributed by atoms with Crippen LogP contribution in [0.1, 0.15) is 31.2 Å². The van der Waals surface area contributed by atoms with E-state index in [2.05, 4.69) is 0 Å². The van der Waals surface area contributed by atoms with Gasteiger partial charge in [0.25, 0.3) is 11.8 Å². The van der Waals surface area contributed by atoms with Gasteiger partial charge in [-0.05, 0) is 43.4 Å². The molecule has 7 nitrogen and oxygen atoms in total. The summed E-state index contributed by atoms with van der Waals surface area (Å²) in [6, 6.07) is 2.82. The summed E-state index contributed by atoms with van der Waals surface area (Å²) in [7, 11) is 0. The molecule has 0 spiro atoms. The van der Waals surface area contributed by atoms with E-state index in [1.807, 2.05) is 0 Å². The van der Waals surface area contributed by atoms with Crippen LogP contribution in [0.3, 0.4) is 0 Å². The number of likely N-dealkylation sites (tertiary alicyclic amines) is 1. The minimum absolute atomic E-state index is 0.0240. The molecule has 15 heteroatoms. The van der Waals surface area contributed by atoms with E-state index in [1.165, 1.54) is 6.08 Å². The molecule has 0 bridgehead atoms. The quantitative estimate of drug-likeness (QED) is 0.129. The van der Waals surface area contributed by atoms with Crippen LogP contribution < -0.4 is 4.90 Å². The van der Waals surface area contributed by atoms with Crippen LogP contribution in [0.25, 0.3) is 0 Å². The lowest BCUT2D eigenvalue weighted by Crippen LogP contribution is -2.60. The molecule has 6 rings (SSSR count). The Bertz CT molecular complexity index is 1690. The van der Waals surface area contributed by atoms with E-state index in [-0.39, 0.29) is 29.0 Å². The average molecular weight is 647 g/mol. The number of hydrogen-bond donors (Lipinski definition) is 1. The van der Waals surface area contributed by atoms with E-state index in [9.17, 15) is 50.6 Å². The number of hydrogen-bond acceptors (Lipinski definition) is 5. The Balaban J connectivity index is 1.61. The van der Waals surface area contributed by atoms with Crippen molar-refractivity contribution >= 4 is 52.5 Å². The molecule has 6 atom stereocenters. The molecule has 4 amide bonds. The van der Waals surface area contributed by atoms with Crippen LogP contribution in [-0.4, -0.2) is 49.9 Å². The van der Waals surface area contributed by atoms with Gasteiger partial charge in [-0.15, -0.1) is 23.2 Å². The first-order valence-corrected chi connectivity index (χ1v) is 13.7. The highest BCUT2D eigenvalue weighted by Gasteiger charge is 2.77. The van der Waals surface area contributed by atoms with Gasteiger partial charge in [0.2, 0.25) is 17.6 Å². The Morgan fingerprint density at radius 3 is 2.07 bits per heavy atom. The zero-order valence-corrected chi connectivity index (χ0v) is 23.3. The second-order valence-corrected chi connectivity index (χ2v) is 12.1. The molecule has 1 saturated carbocycles. The Labute approximate surface area is 248 Å². The standard InChI is InChI=1S/C28H18Cl2F6N2O5/c1-2-37-23(40)11-5-4-10-12(15(11)24(37)41)8-27(29)25(42)38(22-20(35)18(33)17(32)19(34)21(22)36)26(43)28(27,30)16(10)9-3-6-14(39)13(31)7-9/h3-4,6-7,11-12,15-16,39H,2,5,8H2,1H3. The number of phenolic OH excluding ortho intramolecular Hbond substituents is 1. The molecular formula is C28H18Cl2F6N2O5. The van der Waals surface area contributed by atoms with Gasteiger partial charge in [-0.2, -0.15) is 0 Å². The number of carbonyl (C=O) groups excluding carboxylic acids is 4. The summed E-state index contributed by atoms with van der Waals surface area (Å²) in [5.41, 5.74) is -1.89. The minimum Gasteiger partial charge on any atom is -0.505 e. The fourth-order valence-corrected chi connectivity index (χ4v) is 7.96. The lowest BCUT2D eigenvalue weighted by molar-refractivity contribution is -0.140. The predicted octanol–water partition coefficient (Wildman–Crippen LogP) is 4.81. The second kappa shape index (κ2) is 9.46. The van der Waals surface area contributed by atoms with Crippen LogP contribution in [0.4, 0.5) is 32.0 Å². The molecule has 226 valence electrons. The number of imide groups is 2. The SMILES string of the molecule is CCN1C(=O)C2CC=C3C(CC4(Cl)C(=O)N(c5c(F)c(F)c(F)c(F)c5F)C(=O)C4(Cl)C3c3ccc(O)c(F)c3)C2C1=O. The first kappa shape index (κ1) is 29.5. The van der Waals surface area contributed by atoms with Crippen molar-refractivity contribution in [3.8, 4) is 5.75 Å². The van der Waals surface area contributed by atoms with Gasteiger partial charge >= 0.3 is 0 Å². The topological polar surface area (TPSA) is 95.0 Å². The zero-order valence-electron chi connectivity index (χ0n) is 21.7. The van der Waals surface area contributed by atoms with Crippen molar-refractivity contribution in [2.75, 3.05) is 11.4 Å². The first-order valence-electron chi connectivity index (χ1n) is 12.9. The van der Waals surface area contributed by atoms with E-state index in [4.69, 9.17) is 23.2 Å². The van der Waals surface area contributed by atoms with Crippen LogP contribution in [0.2, 0.25) is 0 Å². The Hall–Kier alpha value is -3.58. The highest BCUT2D eigenvalue weighted by atomic mass is 35.5. The molecule has 0 radical (unpaired) electrons. The van der Waals surface area contributed by atoms with Crippen LogP contribution in [-0.2, 0) is 19.2 Å². The molecule has 2 aliphatic heterocycles. The number of aromatic hydroxyl groups is 1. The van der Waals surface area contributed by atoms with E-state index < -0.39 is 110 Å². The summed E-state index contributed by atoms with van der Waals surface area (Å²) in [6.07, 6.45) is 0.806. The maximum Gasteiger partial charge on any atom is 0.258 e. The summed E-state index contributed by atoms with van der Waals surface area (Å²) in [4.78, 5) is 49.7. The van der Waals surface area contributed by atoms with Crippen LogP contribution in [0.5, 0.6) is 5.75 Å². The summed E-state index contributed by atoms with van der Waals surface area (Å²) in [6.45, 7) is 1.59. The molecule has 2 aliphatic carbocycles. The third-order valence-corrected chi connectivity index (χ3v) is 10.3.